The maximum Gasteiger partial charge on any atom is 0.472 e. The maximum absolute atomic E-state index is 13.0. The van der Waals surface area contributed by atoms with E-state index in [1.807, 2.05) is 0 Å². The summed E-state index contributed by atoms with van der Waals surface area (Å²) in [5, 5.41) is 10.5. The smallest absolute Gasteiger partial charge is 0.462 e. The topological polar surface area (TPSA) is 237 Å². The van der Waals surface area contributed by atoms with Crippen LogP contribution >= 0.6 is 15.6 Å². The highest BCUT2D eigenvalue weighted by Crippen LogP contribution is 2.45. The maximum atomic E-state index is 13.0. The summed E-state index contributed by atoms with van der Waals surface area (Å²) < 4.78 is 67.9. The number of esters is 4. The third kappa shape index (κ3) is 64.6. The number of phosphoric acid groups is 2. The molecule has 3 N–H and O–H groups in total. The molecule has 0 spiro atoms. The molecule has 19 heteroatoms. The Hall–Kier alpha value is -1.94. The van der Waals surface area contributed by atoms with Gasteiger partial charge in [-0.25, -0.2) is 9.13 Å². The van der Waals surface area contributed by atoms with E-state index in [0.29, 0.717) is 25.7 Å². The fraction of sp³-hybridized carbons (Fsp3) is 0.943. The minimum Gasteiger partial charge on any atom is -0.462 e. The molecular weight excluding hydrogens is 1170 g/mol. The summed E-state index contributed by atoms with van der Waals surface area (Å²) in [7, 11) is -9.88. The predicted octanol–water partition coefficient (Wildman–Crippen LogP) is 20.1. The van der Waals surface area contributed by atoms with Gasteiger partial charge < -0.3 is 33.8 Å². The number of aliphatic hydroxyl groups excluding tert-OH is 1. The van der Waals surface area contributed by atoms with E-state index in [9.17, 15) is 43.2 Å². The van der Waals surface area contributed by atoms with Crippen molar-refractivity contribution in [3.63, 3.8) is 0 Å². The van der Waals surface area contributed by atoms with E-state index >= 15 is 0 Å². The second-order valence-corrected chi connectivity index (χ2v) is 28.7. The molecule has 0 amide bonds. The summed E-state index contributed by atoms with van der Waals surface area (Å²) in [6.45, 7) is 7.13. The number of unbranched alkanes of at least 4 members (excludes halogenated alkanes) is 42. The molecule has 0 saturated carbocycles. The number of ether oxygens (including phenoxy) is 4. The van der Waals surface area contributed by atoms with E-state index in [1.54, 1.807) is 0 Å². The summed E-state index contributed by atoms with van der Waals surface area (Å²) >= 11 is 0. The van der Waals surface area contributed by atoms with Crippen molar-refractivity contribution in [1.82, 2.24) is 0 Å². The number of hydrogen-bond donors (Lipinski definition) is 3. The van der Waals surface area contributed by atoms with Crippen LogP contribution in [0.25, 0.3) is 0 Å². The second-order valence-electron chi connectivity index (χ2n) is 25.7. The van der Waals surface area contributed by atoms with Gasteiger partial charge in [-0.1, -0.05) is 311 Å². The molecular formula is C70H136O17P2. The molecule has 5 atom stereocenters. The number of phosphoric ester groups is 2. The van der Waals surface area contributed by atoms with Crippen molar-refractivity contribution in [2.75, 3.05) is 39.6 Å². The second kappa shape index (κ2) is 63.5. The highest BCUT2D eigenvalue weighted by molar-refractivity contribution is 7.47. The van der Waals surface area contributed by atoms with Gasteiger partial charge in [0.1, 0.15) is 19.3 Å². The highest BCUT2D eigenvalue weighted by atomic mass is 31.2. The first-order chi connectivity index (χ1) is 43.0. The highest BCUT2D eigenvalue weighted by Gasteiger charge is 2.30. The molecule has 0 heterocycles. The van der Waals surface area contributed by atoms with Crippen LogP contribution in [-0.2, 0) is 65.4 Å². The molecule has 0 aliphatic heterocycles. The number of aliphatic hydroxyl groups is 1. The molecule has 0 bridgehead atoms. The Labute approximate surface area is 543 Å². The van der Waals surface area contributed by atoms with Gasteiger partial charge in [0.25, 0.3) is 0 Å². The molecule has 0 radical (unpaired) electrons. The van der Waals surface area contributed by atoms with Gasteiger partial charge in [-0.15, -0.1) is 0 Å². The molecule has 0 aromatic carbocycles. The first-order valence-corrected chi connectivity index (χ1v) is 39.6. The molecule has 89 heavy (non-hydrogen) atoms. The van der Waals surface area contributed by atoms with Crippen molar-refractivity contribution >= 4 is 39.5 Å². The van der Waals surface area contributed by atoms with Crippen LogP contribution in [0.2, 0.25) is 0 Å². The Balaban J connectivity index is 5.09. The summed E-state index contributed by atoms with van der Waals surface area (Å²) in [5.74, 6) is -1.36. The van der Waals surface area contributed by atoms with E-state index < -0.39 is 97.5 Å². The van der Waals surface area contributed by atoms with Crippen molar-refractivity contribution in [2.45, 2.75) is 380 Å². The van der Waals surface area contributed by atoms with E-state index in [4.69, 9.17) is 37.0 Å². The van der Waals surface area contributed by atoms with E-state index in [-0.39, 0.29) is 25.7 Å². The Bertz CT molecular complexity index is 1720. The average Bonchev–Trinajstić information content (AvgIpc) is 3.63. The monoisotopic (exact) mass is 1310 g/mol. The van der Waals surface area contributed by atoms with Crippen molar-refractivity contribution < 1.29 is 80.2 Å². The third-order valence-electron chi connectivity index (χ3n) is 16.3. The van der Waals surface area contributed by atoms with E-state index in [1.165, 1.54) is 173 Å². The quantitative estimate of drug-likeness (QED) is 0.0222. The van der Waals surface area contributed by atoms with Gasteiger partial charge in [0, 0.05) is 25.7 Å². The molecule has 528 valence electrons. The summed E-state index contributed by atoms with van der Waals surface area (Å²) in [6, 6.07) is 0. The van der Waals surface area contributed by atoms with Crippen LogP contribution in [0, 0.1) is 5.92 Å². The van der Waals surface area contributed by atoms with Gasteiger partial charge in [0.05, 0.1) is 26.4 Å². The largest absolute Gasteiger partial charge is 0.472 e. The molecule has 0 fully saturated rings. The molecule has 17 nitrogen and oxygen atoms in total. The summed E-state index contributed by atoms with van der Waals surface area (Å²) in [5.41, 5.74) is 0. The van der Waals surface area contributed by atoms with Crippen LogP contribution < -0.4 is 0 Å². The lowest BCUT2D eigenvalue weighted by Crippen LogP contribution is -2.30. The van der Waals surface area contributed by atoms with Crippen LogP contribution in [0.3, 0.4) is 0 Å². The Morgan fingerprint density at radius 3 is 0.764 bits per heavy atom. The van der Waals surface area contributed by atoms with Crippen LogP contribution in [0.1, 0.15) is 362 Å². The van der Waals surface area contributed by atoms with Gasteiger partial charge in [-0.2, -0.15) is 0 Å². The molecule has 0 saturated heterocycles. The van der Waals surface area contributed by atoms with Gasteiger partial charge >= 0.3 is 39.5 Å². The van der Waals surface area contributed by atoms with Gasteiger partial charge in [-0.05, 0) is 31.6 Å². The fourth-order valence-electron chi connectivity index (χ4n) is 10.6. The van der Waals surface area contributed by atoms with Gasteiger partial charge in [-0.3, -0.25) is 37.3 Å². The number of rotatable bonds is 70. The zero-order valence-corrected chi connectivity index (χ0v) is 59.4. The van der Waals surface area contributed by atoms with Gasteiger partial charge in [0.15, 0.2) is 12.2 Å². The van der Waals surface area contributed by atoms with Crippen molar-refractivity contribution in [1.29, 1.82) is 0 Å². The lowest BCUT2D eigenvalue weighted by atomic mass is 10.0. The normalized spacial score (nSPS) is 14.1. The SMILES string of the molecule is CCCCCCCCCCCCCCCCCCCCCCCC(=O)O[C@H](COC(=O)CCCCCCCCCCCCCCC(C)C)COP(=O)(O)OC[C@@H](O)COP(=O)(O)OC[C@@H](COC(=O)CCCCCCC)OC(=O)CCCCCCCCCC. The molecule has 2 unspecified atom stereocenters. The fourth-order valence-corrected chi connectivity index (χ4v) is 12.2. The van der Waals surface area contributed by atoms with Crippen molar-refractivity contribution in [3.05, 3.63) is 0 Å². The minimum absolute atomic E-state index is 0.104. The molecule has 0 aromatic rings. The standard InChI is InChI=1S/C70H136O17P2/c1-6-9-12-15-17-19-20-21-22-23-24-25-26-27-28-29-34-37-41-46-51-56-70(75)87-66(60-81-68(73)54-49-44-40-36-33-31-30-32-35-38-43-47-52-63(4)5)62-85-89(78,79)83-58-64(71)57-82-88(76,77)84-61-65(59-80-67(72)53-48-42-14-11-8-3)86-69(74)55-50-45-39-18-16-13-10-7-2/h63-66,71H,6-62H2,1-5H3,(H,76,77)(H,78,79)/t64-,65+,66+/m0/s1. The zero-order valence-electron chi connectivity index (χ0n) is 57.6. The molecule has 0 aromatic heterocycles. The predicted molar refractivity (Wildman–Crippen MR) is 358 cm³/mol. The number of hydrogen-bond acceptors (Lipinski definition) is 15. The summed E-state index contributed by atoms with van der Waals surface area (Å²) in [6.07, 6.45) is 50.6. The number of carbonyl (C=O) groups is 4. The first kappa shape index (κ1) is 87.1. The Morgan fingerprint density at radius 1 is 0.303 bits per heavy atom. The molecule has 0 aliphatic carbocycles. The molecule has 0 rings (SSSR count). The average molecular weight is 1310 g/mol. The Kier molecular flexibility index (Phi) is 62.1. The lowest BCUT2D eigenvalue weighted by molar-refractivity contribution is -0.161. The zero-order chi connectivity index (χ0) is 65.6. The van der Waals surface area contributed by atoms with Crippen molar-refractivity contribution in [2.24, 2.45) is 5.92 Å². The van der Waals surface area contributed by atoms with Crippen LogP contribution in [0.4, 0.5) is 0 Å². The minimum atomic E-state index is -4.95. The molecule has 0 aliphatic rings. The van der Waals surface area contributed by atoms with Crippen LogP contribution in [0.5, 0.6) is 0 Å². The Morgan fingerprint density at radius 2 is 0.517 bits per heavy atom. The first-order valence-electron chi connectivity index (χ1n) is 36.6. The third-order valence-corrected chi connectivity index (χ3v) is 18.2. The van der Waals surface area contributed by atoms with Gasteiger partial charge in [0.2, 0.25) is 0 Å². The number of carbonyl (C=O) groups excluding carboxylic acids is 4. The van der Waals surface area contributed by atoms with E-state index in [2.05, 4.69) is 34.6 Å². The van der Waals surface area contributed by atoms with E-state index in [0.717, 1.165) is 109 Å². The van der Waals surface area contributed by atoms with Crippen LogP contribution in [0.15, 0.2) is 0 Å². The van der Waals surface area contributed by atoms with Crippen molar-refractivity contribution in [3.8, 4) is 0 Å². The lowest BCUT2D eigenvalue weighted by Gasteiger charge is -2.21. The van der Waals surface area contributed by atoms with Crippen LogP contribution in [-0.4, -0.2) is 96.7 Å². The summed E-state index contributed by atoms with van der Waals surface area (Å²) in [4.78, 5) is 72.1.